The SMILES string of the molecule is O=C(c1ccccc1OCc1ccc2c(n1)NCC2)N1CCCCC1. The lowest BCUT2D eigenvalue weighted by molar-refractivity contribution is 0.0719. The molecule has 0 saturated carbocycles. The molecule has 5 heteroatoms. The molecule has 1 saturated heterocycles. The molecule has 2 aliphatic rings. The van der Waals surface area contributed by atoms with Gasteiger partial charge in [0.2, 0.25) is 0 Å². The number of nitrogens with one attached hydrogen (secondary N) is 1. The highest BCUT2D eigenvalue weighted by Gasteiger charge is 2.21. The van der Waals surface area contributed by atoms with E-state index in [-0.39, 0.29) is 5.91 Å². The van der Waals surface area contributed by atoms with Crippen molar-refractivity contribution in [3.8, 4) is 5.75 Å². The van der Waals surface area contributed by atoms with Gasteiger partial charge < -0.3 is 15.0 Å². The van der Waals surface area contributed by atoms with Crippen LogP contribution in [0.2, 0.25) is 0 Å². The van der Waals surface area contributed by atoms with Crippen molar-refractivity contribution in [2.45, 2.75) is 32.3 Å². The number of anilines is 1. The Kier molecular flexibility index (Phi) is 4.55. The van der Waals surface area contributed by atoms with Crippen LogP contribution in [-0.4, -0.2) is 35.4 Å². The van der Waals surface area contributed by atoms with Gasteiger partial charge in [-0.05, 0) is 49.4 Å². The Hall–Kier alpha value is -2.56. The third kappa shape index (κ3) is 3.45. The van der Waals surface area contributed by atoms with E-state index in [0.29, 0.717) is 17.9 Å². The third-order valence-electron chi connectivity index (χ3n) is 4.86. The molecule has 0 unspecified atom stereocenters. The minimum atomic E-state index is 0.0684. The number of likely N-dealkylation sites (tertiary alicyclic amines) is 1. The van der Waals surface area contributed by atoms with Crippen molar-refractivity contribution in [1.29, 1.82) is 0 Å². The van der Waals surface area contributed by atoms with Crippen LogP contribution < -0.4 is 10.1 Å². The van der Waals surface area contributed by atoms with Gasteiger partial charge in [-0.2, -0.15) is 0 Å². The van der Waals surface area contributed by atoms with E-state index < -0.39 is 0 Å². The van der Waals surface area contributed by atoms with Crippen molar-refractivity contribution in [2.24, 2.45) is 0 Å². The number of fused-ring (bicyclic) bond motifs is 1. The van der Waals surface area contributed by atoms with E-state index >= 15 is 0 Å². The second-order valence-corrected chi connectivity index (χ2v) is 6.62. The standard InChI is InChI=1S/C20H23N3O2/c24-20(23-12-4-1-5-13-23)17-6-2-3-7-18(17)25-14-16-9-8-15-10-11-21-19(15)22-16/h2-3,6-9H,1,4-5,10-14H2,(H,21,22). The van der Waals surface area contributed by atoms with E-state index in [1.807, 2.05) is 35.2 Å². The first kappa shape index (κ1) is 15.9. The van der Waals surface area contributed by atoms with Gasteiger partial charge in [-0.15, -0.1) is 0 Å². The predicted octanol–water partition coefficient (Wildman–Crippen LogP) is 3.25. The molecule has 0 bridgehead atoms. The molecule has 2 aromatic rings. The first-order valence-corrected chi connectivity index (χ1v) is 9.05. The highest BCUT2D eigenvalue weighted by molar-refractivity contribution is 5.97. The number of amides is 1. The minimum absolute atomic E-state index is 0.0684. The molecule has 2 aliphatic heterocycles. The monoisotopic (exact) mass is 337 g/mol. The van der Waals surface area contributed by atoms with E-state index in [1.54, 1.807) is 0 Å². The first-order valence-electron chi connectivity index (χ1n) is 9.05. The average molecular weight is 337 g/mol. The first-order chi connectivity index (χ1) is 12.3. The molecular formula is C20H23N3O2. The van der Waals surface area contributed by atoms with Gasteiger partial charge in [0.1, 0.15) is 18.2 Å². The zero-order chi connectivity index (χ0) is 17.1. The summed E-state index contributed by atoms with van der Waals surface area (Å²) in [7, 11) is 0. The van der Waals surface area contributed by atoms with Crippen LogP contribution in [0.25, 0.3) is 0 Å². The number of carbonyl (C=O) groups excluding carboxylic acids is 1. The van der Waals surface area contributed by atoms with Crippen LogP contribution in [0, 0.1) is 0 Å². The van der Waals surface area contributed by atoms with E-state index in [0.717, 1.165) is 50.4 Å². The Balaban J connectivity index is 1.48. The lowest BCUT2D eigenvalue weighted by Gasteiger charge is -2.27. The number of para-hydroxylation sites is 1. The largest absolute Gasteiger partial charge is 0.486 e. The molecule has 25 heavy (non-hydrogen) atoms. The topological polar surface area (TPSA) is 54.5 Å². The van der Waals surface area contributed by atoms with Crippen LogP contribution >= 0.6 is 0 Å². The predicted molar refractivity (Wildman–Crippen MR) is 97.0 cm³/mol. The van der Waals surface area contributed by atoms with Crippen LogP contribution in [0.4, 0.5) is 5.82 Å². The highest BCUT2D eigenvalue weighted by Crippen LogP contribution is 2.24. The number of hydrogen-bond acceptors (Lipinski definition) is 4. The number of nitrogens with zero attached hydrogens (tertiary/aromatic N) is 2. The van der Waals surface area contributed by atoms with Crippen LogP contribution in [0.5, 0.6) is 5.75 Å². The fourth-order valence-electron chi connectivity index (χ4n) is 3.47. The van der Waals surface area contributed by atoms with Crippen molar-refractivity contribution in [3.05, 3.63) is 53.2 Å². The van der Waals surface area contributed by atoms with Gasteiger partial charge in [0.05, 0.1) is 11.3 Å². The molecule has 0 radical (unpaired) electrons. The Morgan fingerprint density at radius 1 is 1.12 bits per heavy atom. The molecule has 0 spiro atoms. The number of rotatable bonds is 4. The van der Waals surface area contributed by atoms with E-state index in [2.05, 4.69) is 16.4 Å². The van der Waals surface area contributed by atoms with Gasteiger partial charge in [-0.3, -0.25) is 4.79 Å². The summed E-state index contributed by atoms with van der Waals surface area (Å²) in [6.45, 7) is 2.98. The molecule has 1 fully saturated rings. The van der Waals surface area contributed by atoms with Gasteiger partial charge >= 0.3 is 0 Å². The summed E-state index contributed by atoms with van der Waals surface area (Å²) in [5, 5.41) is 3.28. The zero-order valence-electron chi connectivity index (χ0n) is 14.3. The number of aromatic nitrogens is 1. The van der Waals surface area contributed by atoms with Gasteiger partial charge in [0, 0.05) is 19.6 Å². The molecule has 1 amide bonds. The minimum Gasteiger partial charge on any atom is -0.486 e. The number of hydrogen-bond donors (Lipinski definition) is 1. The number of piperidine rings is 1. The van der Waals surface area contributed by atoms with Crippen LogP contribution in [0.1, 0.15) is 40.9 Å². The van der Waals surface area contributed by atoms with E-state index in [4.69, 9.17) is 4.74 Å². The fraction of sp³-hybridized carbons (Fsp3) is 0.400. The molecule has 1 N–H and O–H groups in total. The van der Waals surface area contributed by atoms with Crippen molar-refractivity contribution in [1.82, 2.24) is 9.88 Å². The van der Waals surface area contributed by atoms with E-state index in [9.17, 15) is 4.79 Å². The number of carbonyl (C=O) groups is 1. The van der Waals surface area contributed by atoms with Crippen molar-refractivity contribution < 1.29 is 9.53 Å². The molecule has 5 nitrogen and oxygen atoms in total. The summed E-state index contributed by atoms with van der Waals surface area (Å²) in [5.74, 6) is 1.66. The summed E-state index contributed by atoms with van der Waals surface area (Å²) in [6, 6.07) is 11.6. The molecule has 0 aliphatic carbocycles. The maximum atomic E-state index is 12.8. The Morgan fingerprint density at radius 2 is 1.96 bits per heavy atom. The summed E-state index contributed by atoms with van der Waals surface area (Å²) < 4.78 is 5.96. The fourth-order valence-corrected chi connectivity index (χ4v) is 3.47. The number of pyridine rings is 1. The van der Waals surface area contributed by atoms with Gasteiger partial charge in [-0.1, -0.05) is 18.2 Å². The van der Waals surface area contributed by atoms with E-state index in [1.165, 1.54) is 12.0 Å². The van der Waals surface area contributed by atoms with Crippen LogP contribution in [0.3, 0.4) is 0 Å². The number of benzene rings is 1. The Bertz CT molecular complexity index is 769. The Labute approximate surface area is 148 Å². The van der Waals surface area contributed by atoms with Crippen LogP contribution in [-0.2, 0) is 13.0 Å². The quantitative estimate of drug-likeness (QED) is 0.930. The zero-order valence-corrected chi connectivity index (χ0v) is 14.3. The van der Waals surface area contributed by atoms with Gasteiger partial charge in [0.15, 0.2) is 0 Å². The molecule has 3 heterocycles. The average Bonchev–Trinajstić information content (AvgIpc) is 3.14. The maximum absolute atomic E-state index is 12.8. The van der Waals surface area contributed by atoms with Gasteiger partial charge in [0.25, 0.3) is 5.91 Å². The molecule has 4 rings (SSSR count). The summed E-state index contributed by atoms with van der Waals surface area (Å²) in [5.41, 5.74) is 2.77. The highest BCUT2D eigenvalue weighted by atomic mass is 16.5. The summed E-state index contributed by atoms with van der Waals surface area (Å²) >= 11 is 0. The molecule has 130 valence electrons. The van der Waals surface area contributed by atoms with Crippen molar-refractivity contribution in [2.75, 3.05) is 25.0 Å². The molecule has 1 aromatic carbocycles. The van der Waals surface area contributed by atoms with Crippen molar-refractivity contribution >= 4 is 11.7 Å². The normalized spacial score (nSPS) is 16.2. The molecular weight excluding hydrogens is 314 g/mol. The second kappa shape index (κ2) is 7.13. The second-order valence-electron chi connectivity index (χ2n) is 6.62. The lowest BCUT2D eigenvalue weighted by atomic mass is 10.1. The molecule has 0 atom stereocenters. The third-order valence-corrected chi connectivity index (χ3v) is 4.86. The summed E-state index contributed by atoms with van der Waals surface area (Å²) in [4.78, 5) is 19.3. The van der Waals surface area contributed by atoms with Gasteiger partial charge in [-0.25, -0.2) is 4.98 Å². The molecule has 1 aromatic heterocycles. The summed E-state index contributed by atoms with van der Waals surface area (Å²) in [6.07, 6.45) is 4.40. The maximum Gasteiger partial charge on any atom is 0.257 e. The smallest absolute Gasteiger partial charge is 0.257 e. The van der Waals surface area contributed by atoms with Crippen LogP contribution in [0.15, 0.2) is 36.4 Å². The number of ether oxygens (including phenoxy) is 1. The Morgan fingerprint density at radius 3 is 2.84 bits per heavy atom. The lowest BCUT2D eigenvalue weighted by Crippen LogP contribution is -2.35. The van der Waals surface area contributed by atoms with Crippen molar-refractivity contribution in [3.63, 3.8) is 0 Å².